The van der Waals surface area contributed by atoms with Crippen LogP contribution >= 0.6 is 11.3 Å². The predicted octanol–water partition coefficient (Wildman–Crippen LogP) is 2.37. The lowest BCUT2D eigenvalue weighted by molar-refractivity contribution is 0.00883. The third-order valence-electron chi connectivity index (χ3n) is 3.53. The van der Waals surface area contributed by atoms with Crippen molar-refractivity contribution in [1.82, 2.24) is 15.4 Å². The summed E-state index contributed by atoms with van der Waals surface area (Å²) in [6, 6.07) is 1.73. The molecule has 0 aromatic carbocycles. The summed E-state index contributed by atoms with van der Waals surface area (Å²) in [5, 5.41) is 16.4. The van der Waals surface area contributed by atoms with E-state index in [0.29, 0.717) is 35.6 Å². The number of anilines is 1. The van der Waals surface area contributed by atoms with Crippen LogP contribution in [0.1, 0.15) is 12.8 Å². The molecule has 108 valence electrons. The topological polar surface area (TPSA) is 73.1 Å². The molecule has 0 spiro atoms. The number of nitrogens with zero attached hydrogens (tertiary/aromatic N) is 3. The fraction of sp³-hybridized carbons (Fsp3) is 0.583. The number of ether oxygens (including phenoxy) is 1. The molecule has 0 atom stereocenters. The lowest BCUT2D eigenvalue weighted by Gasteiger charge is -2.34. The van der Waals surface area contributed by atoms with E-state index in [4.69, 9.17) is 9.26 Å². The molecule has 0 saturated carbocycles. The molecular formula is C12H15FN4O2S. The Morgan fingerprint density at radius 1 is 1.35 bits per heavy atom. The SMILES string of the molecule is FCC1(CNc2nnc(-c3ccon3)s2)CCOCC1. The van der Waals surface area contributed by atoms with Crippen molar-refractivity contribution in [2.24, 2.45) is 5.41 Å². The minimum absolute atomic E-state index is 0.349. The van der Waals surface area contributed by atoms with Crippen LogP contribution in [0.25, 0.3) is 10.7 Å². The molecule has 1 aliphatic heterocycles. The van der Waals surface area contributed by atoms with E-state index >= 15 is 0 Å². The van der Waals surface area contributed by atoms with Crippen LogP contribution in [0.4, 0.5) is 9.52 Å². The van der Waals surface area contributed by atoms with Gasteiger partial charge in [0.15, 0.2) is 5.01 Å². The van der Waals surface area contributed by atoms with Gasteiger partial charge in [-0.3, -0.25) is 4.39 Å². The number of nitrogens with one attached hydrogen (secondary N) is 1. The summed E-state index contributed by atoms with van der Waals surface area (Å²) in [5.74, 6) is 0. The maximum absolute atomic E-state index is 13.3. The van der Waals surface area contributed by atoms with Crippen molar-refractivity contribution in [3.05, 3.63) is 12.3 Å². The number of hydrogen-bond acceptors (Lipinski definition) is 7. The zero-order valence-corrected chi connectivity index (χ0v) is 11.7. The molecule has 0 amide bonds. The molecule has 1 aliphatic rings. The van der Waals surface area contributed by atoms with Gasteiger partial charge in [-0.05, 0) is 12.8 Å². The summed E-state index contributed by atoms with van der Waals surface area (Å²) in [5.41, 5.74) is 0.305. The second-order valence-corrected chi connectivity index (χ2v) is 5.87. The minimum Gasteiger partial charge on any atom is -0.381 e. The molecule has 20 heavy (non-hydrogen) atoms. The van der Waals surface area contributed by atoms with Gasteiger partial charge >= 0.3 is 0 Å². The molecule has 6 nitrogen and oxygen atoms in total. The Labute approximate surface area is 119 Å². The van der Waals surface area contributed by atoms with Crippen LogP contribution in [-0.4, -0.2) is 41.8 Å². The number of hydrogen-bond donors (Lipinski definition) is 1. The van der Waals surface area contributed by atoms with Gasteiger partial charge in [-0.25, -0.2) is 0 Å². The minimum atomic E-state index is -0.349. The highest BCUT2D eigenvalue weighted by molar-refractivity contribution is 7.18. The summed E-state index contributed by atoms with van der Waals surface area (Å²) in [6.45, 7) is 1.43. The highest BCUT2D eigenvalue weighted by Crippen LogP contribution is 2.32. The summed E-state index contributed by atoms with van der Waals surface area (Å²) in [4.78, 5) is 0. The van der Waals surface area contributed by atoms with Crippen molar-refractivity contribution >= 4 is 16.5 Å². The molecule has 2 aromatic heterocycles. The monoisotopic (exact) mass is 298 g/mol. The van der Waals surface area contributed by atoms with Gasteiger partial charge in [-0.1, -0.05) is 16.5 Å². The number of alkyl halides is 1. The zero-order valence-electron chi connectivity index (χ0n) is 10.8. The maximum atomic E-state index is 13.3. The van der Waals surface area contributed by atoms with E-state index in [-0.39, 0.29) is 12.1 Å². The van der Waals surface area contributed by atoms with Gasteiger partial charge < -0.3 is 14.6 Å². The van der Waals surface area contributed by atoms with Crippen molar-refractivity contribution in [1.29, 1.82) is 0 Å². The van der Waals surface area contributed by atoms with Crippen LogP contribution in [0.3, 0.4) is 0 Å². The Hall–Kier alpha value is -1.54. The summed E-state index contributed by atoms with van der Waals surface area (Å²) >= 11 is 1.38. The Balaban J connectivity index is 1.63. The number of rotatable bonds is 5. The average molecular weight is 298 g/mol. The molecule has 3 rings (SSSR count). The first kappa shape index (κ1) is 13.4. The van der Waals surface area contributed by atoms with Gasteiger partial charge in [-0.15, -0.1) is 10.2 Å². The van der Waals surface area contributed by atoms with Crippen LogP contribution in [0.15, 0.2) is 16.9 Å². The van der Waals surface area contributed by atoms with Gasteiger partial charge in [0.2, 0.25) is 5.13 Å². The van der Waals surface area contributed by atoms with Crippen LogP contribution < -0.4 is 5.32 Å². The molecular weight excluding hydrogens is 283 g/mol. The molecule has 1 fully saturated rings. The molecule has 2 aromatic rings. The predicted molar refractivity (Wildman–Crippen MR) is 72.4 cm³/mol. The fourth-order valence-electron chi connectivity index (χ4n) is 2.15. The van der Waals surface area contributed by atoms with E-state index in [0.717, 1.165) is 12.8 Å². The molecule has 0 bridgehead atoms. The van der Waals surface area contributed by atoms with Gasteiger partial charge in [0, 0.05) is 31.2 Å². The zero-order chi connectivity index (χ0) is 13.8. The van der Waals surface area contributed by atoms with Crippen molar-refractivity contribution in [3.8, 4) is 10.7 Å². The Kier molecular flexibility index (Phi) is 3.93. The van der Waals surface area contributed by atoms with Gasteiger partial charge in [0.05, 0.1) is 6.67 Å². The van der Waals surface area contributed by atoms with E-state index in [1.165, 1.54) is 17.6 Å². The van der Waals surface area contributed by atoms with E-state index in [2.05, 4.69) is 20.7 Å². The van der Waals surface area contributed by atoms with E-state index in [1.54, 1.807) is 6.07 Å². The number of aromatic nitrogens is 3. The van der Waals surface area contributed by atoms with Gasteiger partial charge in [0.1, 0.15) is 12.0 Å². The van der Waals surface area contributed by atoms with Gasteiger partial charge in [-0.2, -0.15) is 0 Å². The molecule has 3 heterocycles. The Morgan fingerprint density at radius 2 is 2.20 bits per heavy atom. The normalized spacial score (nSPS) is 18.1. The second-order valence-electron chi connectivity index (χ2n) is 4.90. The smallest absolute Gasteiger partial charge is 0.206 e. The standard InChI is InChI=1S/C12H15FN4O2S/c13-7-12(2-5-18-6-3-12)8-14-11-16-15-10(20-11)9-1-4-19-17-9/h1,4H,2-3,5-8H2,(H,14,16). The molecule has 1 saturated heterocycles. The molecule has 0 aliphatic carbocycles. The maximum Gasteiger partial charge on any atom is 0.206 e. The van der Waals surface area contributed by atoms with E-state index in [1.807, 2.05) is 0 Å². The quantitative estimate of drug-likeness (QED) is 0.913. The summed E-state index contributed by atoms with van der Waals surface area (Å²) < 4.78 is 23.4. The third kappa shape index (κ3) is 2.80. The fourth-order valence-corrected chi connectivity index (χ4v) is 2.85. The van der Waals surface area contributed by atoms with Crippen molar-refractivity contribution < 1.29 is 13.7 Å². The third-order valence-corrected chi connectivity index (χ3v) is 4.44. The van der Waals surface area contributed by atoms with Crippen LogP contribution in [0.5, 0.6) is 0 Å². The van der Waals surface area contributed by atoms with E-state index in [9.17, 15) is 4.39 Å². The van der Waals surface area contributed by atoms with Crippen molar-refractivity contribution in [3.63, 3.8) is 0 Å². The van der Waals surface area contributed by atoms with Crippen LogP contribution in [0, 0.1) is 5.41 Å². The molecule has 8 heteroatoms. The largest absolute Gasteiger partial charge is 0.381 e. The molecule has 0 unspecified atom stereocenters. The Bertz CT molecular complexity index is 539. The molecule has 0 radical (unpaired) electrons. The van der Waals surface area contributed by atoms with Crippen molar-refractivity contribution in [2.75, 3.05) is 31.7 Å². The first-order valence-electron chi connectivity index (χ1n) is 6.43. The number of halogens is 1. The van der Waals surface area contributed by atoms with Crippen LogP contribution in [-0.2, 0) is 4.74 Å². The lowest BCUT2D eigenvalue weighted by Crippen LogP contribution is -2.37. The van der Waals surface area contributed by atoms with Gasteiger partial charge in [0.25, 0.3) is 0 Å². The Morgan fingerprint density at radius 3 is 2.90 bits per heavy atom. The average Bonchev–Trinajstić information content (AvgIpc) is 3.17. The first-order valence-corrected chi connectivity index (χ1v) is 7.25. The van der Waals surface area contributed by atoms with E-state index < -0.39 is 0 Å². The lowest BCUT2D eigenvalue weighted by atomic mass is 9.81. The summed E-state index contributed by atoms with van der Waals surface area (Å²) in [7, 11) is 0. The first-order chi connectivity index (χ1) is 9.81. The highest BCUT2D eigenvalue weighted by Gasteiger charge is 2.33. The second kappa shape index (κ2) is 5.84. The van der Waals surface area contributed by atoms with Crippen molar-refractivity contribution in [2.45, 2.75) is 12.8 Å². The molecule has 1 N–H and O–H groups in total. The highest BCUT2D eigenvalue weighted by atomic mass is 32.1. The summed E-state index contributed by atoms with van der Waals surface area (Å²) in [6.07, 6.45) is 2.95. The van der Waals surface area contributed by atoms with Crippen LogP contribution in [0.2, 0.25) is 0 Å².